The lowest BCUT2D eigenvalue weighted by Crippen LogP contribution is -2.49. The number of amides is 1. The maximum Gasteiger partial charge on any atom is 0.267 e. The molecule has 1 saturated heterocycles. The van der Waals surface area contributed by atoms with Gasteiger partial charge >= 0.3 is 0 Å². The Kier molecular flexibility index (Phi) is 5.57. The van der Waals surface area contributed by atoms with Crippen molar-refractivity contribution >= 4 is 5.91 Å². The average Bonchev–Trinajstić information content (AvgIpc) is 2.48. The lowest BCUT2D eigenvalue weighted by molar-refractivity contribution is -0.121. The lowest BCUT2D eigenvalue weighted by Gasteiger charge is -2.33. The van der Waals surface area contributed by atoms with E-state index in [9.17, 15) is 9.59 Å². The van der Waals surface area contributed by atoms with Gasteiger partial charge in [0.25, 0.3) is 5.56 Å². The monoisotopic (exact) mass is 320 g/mol. The quantitative estimate of drug-likeness (QED) is 0.913. The topological polar surface area (TPSA) is 67.2 Å². The first-order valence-corrected chi connectivity index (χ1v) is 8.40. The minimum absolute atomic E-state index is 0.0851. The summed E-state index contributed by atoms with van der Waals surface area (Å²) in [4.78, 5) is 25.8. The van der Waals surface area contributed by atoms with Crippen LogP contribution in [0.2, 0.25) is 0 Å². The summed E-state index contributed by atoms with van der Waals surface area (Å²) >= 11 is 0. The van der Waals surface area contributed by atoms with Gasteiger partial charge in [0.05, 0.1) is 12.4 Å². The second-order valence-electron chi connectivity index (χ2n) is 7.28. The summed E-state index contributed by atoms with van der Waals surface area (Å²) in [7, 11) is 0. The molecule has 1 fully saturated rings. The fourth-order valence-electron chi connectivity index (χ4n) is 2.77. The normalized spacial score (nSPS) is 19.6. The van der Waals surface area contributed by atoms with Gasteiger partial charge in [0.1, 0.15) is 0 Å². The molecule has 6 nitrogen and oxygen atoms in total. The standard InChI is InChI=1S/C17H28N4O2/c1-5-15(22)18-13-7-6-10-20(11-13)12-21-16(23)9-8-14(19-21)17(2,3)4/h8-9,13H,5-7,10-12H2,1-4H3,(H,18,22)/t13-/m0/s1. The highest BCUT2D eigenvalue weighted by Crippen LogP contribution is 2.18. The van der Waals surface area contributed by atoms with E-state index < -0.39 is 0 Å². The van der Waals surface area contributed by atoms with E-state index in [1.807, 2.05) is 6.92 Å². The molecule has 0 spiro atoms. The molecule has 0 bridgehead atoms. The molecule has 1 aromatic heterocycles. The van der Waals surface area contributed by atoms with Crippen molar-refractivity contribution < 1.29 is 4.79 Å². The van der Waals surface area contributed by atoms with E-state index in [0.717, 1.165) is 31.6 Å². The van der Waals surface area contributed by atoms with Gasteiger partial charge in [-0.2, -0.15) is 5.10 Å². The number of carbonyl (C=O) groups excluding carboxylic acids is 1. The third-order valence-electron chi connectivity index (χ3n) is 4.16. The summed E-state index contributed by atoms with van der Waals surface area (Å²) in [6.45, 7) is 10.3. The van der Waals surface area contributed by atoms with Crippen molar-refractivity contribution in [3.8, 4) is 0 Å². The summed E-state index contributed by atoms with van der Waals surface area (Å²) in [5.74, 6) is 0.0851. The third-order valence-corrected chi connectivity index (χ3v) is 4.16. The first kappa shape index (κ1) is 17.7. The Morgan fingerprint density at radius 3 is 2.78 bits per heavy atom. The average molecular weight is 320 g/mol. The van der Waals surface area contributed by atoms with Crippen LogP contribution in [0.25, 0.3) is 0 Å². The predicted octanol–water partition coefficient (Wildman–Crippen LogP) is 1.49. The Morgan fingerprint density at radius 2 is 2.13 bits per heavy atom. The molecule has 0 aliphatic carbocycles. The Hall–Kier alpha value is -1.69. The summed E-state index contributed by atoms with van der Waals surface area (Å²) in [5, 5.41) is 7.56. The Balaban J connectivity index is 2.06. The van der Waals surface area contributed by atoms with E-state index in [1.165, 1.54) is 4.68 Å². The fraction of sp³-hybridized carbons (Fsp3) is 0.706. The van der Waals surface area contributed by atoms with E-state index >= 15 is 0 Å². The van der Waals surface area contributed by atoms with Gasteiger partial charge in [0.15, 0.2) is 0 Å². The highest BCUT2D eigenvalue weighted by molar-refractivity contribution is 5.75. The molecule has 1 atom stereocenters. The Bertz CT molecular complexity index is 603. The zero-order valence-corrected chi connectivity index (χ0v) is 14.6. The van der Waals surface area contributed by atoms with Gasteiger partial charge in [-0.25, -0.2) is 4.68 Å². The molecule has 0 radical (unpaired) electrons. The van der Waals surface area contributed by atoms with Crippen LogP contribution >= 0.6 is 0 Å². The third kappa shape index (κ3) is 4.89. The number of rotatable bonds is 4. The van der Waals surface area contributed by atoms with Crippen LogP contribution in [0.5, 0.6) is 0 Å². The van der Waals surface area contributed by atoms with Crippen LogP contribution in [-0.2, 0) is 16.9 Å². The molecule has 128 valence electrons. The van der Waals surface area contributed by atoms with Crippen molar-refractivity contribution in [2.45, 2.75) is 65.1 Å². The van der Waals surface area contributed by atoms with Crippen LogP contribution in [0.1, 0.15) is 52.7 Å². The SMILES string of the molecule is CCC(=O)N[C@H]1CCCN(Cn2nc(C(C)(C)C)ccc2=O)C1. The van der Waals surface area contributed by atoms with Gasteiger partial charge in [-0.05, 0) is 18.9 Å². The molecule has 0 unspecified atom stereocenters. The molecule has 1 aliphatic rings. The zero-order chi connectivity index (χ0) is 17.0. The maximum atomic E-state index is 12.1. The Morgan fingerprint density at radius 1 is 1.39 bits per heavy atom. The summed E-state index contributed by atoms with van der Waals surface area (Å²) in [6.07, 6.45) is 2.51. The second-order valence-corrected chi connectivity index (χ2v) is 7.28. The molecule has 1 aliphatic heterocycles. The number of carbonyl (C=O) groups is 1. The van der Waals surface area contributed by atoms with Gasteiger partial charge in [-0.15, -0.1) is 0 Å². The van der Waals surface area contributed by atoms with Crippen molar-refractivity contribution in [1.29, 1.82) is 0 Å². The first-order valence-electron chi connectivity index (χ1n) is 8.40. The molecule has 1 amide bonds. The van der Waals surface area contributed by atoms with Crippen LogP contribution in [-0.4, -0.2) is 39.7 Å². The smallest absolute Gasteiger partial charge is 0.267 e. The molecule has 6 heteroatoms. The number of hydrogen-bond donors (Lipinski definition) is 1. The van der Waals surface area contributed by atoms with Crippen LogP contribution in [0, 0.1) is 0 Å². The van der Waals surface area contributed by atoms with Gasteiger partial charge in [-0.3, -0.25) is 14.5 Å². The van der Waals surface area contributed by atoms with Crippen LogP contribution in [0.15, 0.2) is 16.9 Å². The molecule has 2 rings (SSSR count). The number of piperidine rings is 1. The van der Waals surface area contributed by atoms with Crippen LogP contribution in [0.3, 0.4) is 0 Å². The van der Waals surface area contributed by atoms with Gasteiger partial charge in [-0.1, -0.05) is 27.7 Å². The highest BCUT2D eigenvalue weighted by atomic mass is 16.1. The molecule has 0 aromatic carbocycles. The number of aromatic nitrogens is 2. The van der Waals surface area contributed by atoms with Crippen molar-refractivity contribution in [3.05, 3.63) is 28.2 Å². The lowest BCUT2D eigenvalue weighted by atomic mass is 9.92. The zero-order valence-electron chi connectivity index (χ0n) is 14.6. The first-order chi connectivity index (χ1) is 10.8. The van der Waals surface area contributed by atoms with Crippen molar-refractivity contribution in [1.82, 2.24) is 20.0 Å². The van der Waals surface area contributed by atoms with Crippen molar-refractivity contribution in [2.24, 2.45) is 0 Å². The predicted molar refractivity (Wildman–Crippen MR) is 90.2 cm³/mol. The molecule has 23 heavy (non-hydrogen) atoms. The molecule has 1 N–H and O–H groups in total. The highest BCUT2D eigenvalue weighted by Gasteiger charge is 2.22. The van der Waals surface area contributed by atoms with Gasteiger partial charge in [0.2, 0.25) is 5.91 Å². The summed E-state index contributed by atoms with van der Waals surface area (Å²) in [6, 6.07) is 3.56. The number of hydrogen-bond acceptors (Lipinski definition) is 4. The second kappa shape index (κ2) is 7.25. The van der Waals surface area contributed by atoms with E-state index in [-0.39, 0.29) is 22.9 Å². The molecular formula is C17H28N4O2. The van der Waals surface area contributed by atoms with E-state index in [0.29, 0.717) is 13.1 Å². The van der Waals surface area contributed by atoms with Gasteiger partial charge < -0.3 is 5.32 Å². The van der Waals surface area contributed by atoms with Gasteiger partial charge in [0, 0.05) is 37.0 Å². The number of likely N-dealkylation sites (tertiary alicyclic amines) is 1. The van der Waals surface area contributed by atoms with E-state index in [2.05, 4.69) is 36.1 Å². The largest absolute Gasteiger partial charge is 0.352 e. The molecule has 0 saturated carbocycles. The van der Waals surface area contributed by atoms with Crippen molar-refractivity contribution in [3.63, 3.8) is 0 Å². The van der Waals surface area contributed by atoms with Crippen LogP contribution < -0.4 is 10.9 Å². The van der Waals surface area contributed by atoms with E-state index in [4.69, 9.17) is 0 Å². The summed E-state index contributed by atoms with van der Waals surface area (Å²) < 4.78 is 1.53. The number of nitrogens with one attached hydrogen (secondary N) is 1. The molecular weight excluding hydrogens is 292 g/mol. The maximum absolute atomic E-state index is 12.1. The Labute approximate surface area is 137 Å². The summed E-state index contributed by atoms with van der Waals surface area (Å²) in [5.41, 5.74) is 0.734. The van der Waals surface area contributed by atoms with Crippen molar-refractivity contribution in [2.75, 3.05) is 13.1 Å². The van der Waals surface area contributed by atoms with Crippen LogP contribution in [0.4, 0.5) is 0 Å². The van der Waals surface area contributed by atoms with E-state index in [1.54, 1.807) is 12.1 Å². The fourth-order valence-corrected chi connectivity index (χ4v) is 2.77. The minimum atomic E-state index is -0.0883. The molecule has 2 heterocycles. The number of nitrogens with zero attached hydrogens (tertiary/aromatic N) is 3. The molecule has 1 aromatic rings. The minimum Gasteiger partial charge on any atom is -0.352 e.